The highest BCUT2D eigenvalue weighted by Gasteiger charge is 2.29. The van der Waals surface area contributed by atoms with Crippen LogP contribution in [0.1, 0.15) is 210 Å². The lowest BCUT2D eigenvalue weighted by molar-refractivity contribution is -0.00728. The Labute approximate surface area is 320 Å². The van der Waals surface area contributed by atoms with Gasteiger partial charge in [0.05, 0.1) is 40.2 Å². The molecule has 7 nitrogen and oxygen atoms in total. The molecule has 308 valence electrons. The van der Waals surface area contributed by atoms with Gasteiger partial charge in [0.25, 0.3) is 0 Å². The minimum absolute atomic E-state index is 0.0920. The van der Waals surface area contributed by atoms with Gasteiger partial charge in [-0.3, -0.25) is 0 Å². The molecule has 7 heteroatoms. The van der Waals surface area contributed by atoms with E-state index in [1.807, 2.05) is 54.5 Å². The van der Waals surface area contributed by atoms with Gasteiger partial charge in [-0.1, -0.05) is 34.9 Å². The van der Waals surface area contributed by atoms with Crippen molar-refractivity contribution >= 4 is 0 Å². The second-order valence-electron chi connectivity index (χ2n) is 18.7. The van der Waals surface area contributed by atoms with Crippen LogP contribution < -0.4 is 0 Å². The zero-order valence-electron chi connectivity index (χ0n) is 35.6. The fourth-order valence-electron chi connectivity index (χ4n) is 7.33. The monoisotopic (exact) mass is 739 g/mol. The molecule has 0 aliphatic heterocycles. The molecule has 52 heavy (non-hydrogen) atoms. The standard InChI is InChI=1S/C45H86O7/c1-37(2)19-12-24-40(5,47)26-14-28-42(7,49)30-16-32-44(9,51)34-18-35-45(10,52)33-17-31-43(8,50)29-15-27-41(6,48)25-13-22-38(3)20-11-21-39(4)23-36-46/h19-20,23,46-52H,11-18,21-22,24-36H2,1-10H3/b38-20+,39-23+/t40-,41-,42+,43-,44+,45-/m1/s1. The summed E-state index contributed by atoms with van der Waals surface area (Å²) >= 11 is 0. The highest BCUT2D eigenvalue weighted by Crippen LogP contribution is 2.32. The minimum Gasteiger partial charge on any atom is -0.392 e. The van der Waals surface area contributed by atoms with Crippen LogP contribution in [0.3, 0.4) is 0 Å². The highest BCUT2D eigenvalue weighted by atomic mass is 16.3. The van der Waals surface area contributed by atoms with E-state index >= 15 is 0 Å². The SMILES string of the molecule is CC(C)=CCC[C@@](C)(O)CCC[C@](C)(O)CCC[C@](C)(O)CCC[C@](C)(O)CCC[C@](C)(O)CCC[C@](C)(O)CCC/C(C)=C/CC/C(C)=C/CO. The quantitative estimate of drug-likeness (QED) is 0.0351. The van der Waals surface area contributed by atoms with Crippen molar-refractivity contribution in [3.63, 3.8) is 0 Å². The summed E-state index contributed by atoms with van der Waals surface area (Å²) in [5.74, 6) is 0. The third-order valence-corrected chi connectivity index (χ3v) is 11.1. The first-order chi connectivity index (χ1) is 23.8. The number of rotatable bonds is 31. The Morgan fingerprint density at radius 2 is 0.654 bits per heavy atom. The number of hydrogen-bond acceptors (Lipinski definition) is 7. The molecule has 0 amide bonds. The van der Waals surface area contributed by atoms with Gasteiger partial charge in [0, 0.05) is 0 Å². The molecule has 0 aromatic heterocycles. The van der Waals surface area contributed by atoms with Gasteiger partial charge in [-0.15, -0.1) is 0 Å². The molecular weight excluding hydrogens is 652 g/mol. The molecule has 0 aromatic rings. The summed E-state index contributed by atoms with van der Waals surface area (Å²) in [7, 11) is 0. The molecule has 0 radical (unpaired) electrons. The Morgan fingerprint density at radius 3 is 0.962 bits per heavy atom. The summed E-state index contributed by atoms with van der Waals surface area (Å²) in [5, 5.41) is 74.5. The predicted octanol–water partition coefficient (Wildman–Crippen LogP) is 9.93. The molecule has 0 saturated carbocycles. The largest absolute Gasteiger partial charge is 0.392 e. The van der Waals surface area contributed by atoms with Gasteiger partial charge in [-0.05, 0) is 210 Å². The third kappa shape index (κ3) is 29.3. The summed E-state index contributed by atoms with van der Waals surface area (Å²) in [6.07, 6.45) is 22.0. The average Bonchev–Trinajstić information content (AvgIpc) is 2.95. The van der Waals surface area contributed by atoms with Crippen molar-refractivity contribution in [1.82, 2.24) is 0 Å². The maximum atomic E-state index is 11.0. The van der Waals surface area contributed by atoms with Gasteiger partial charge < -0.3 is 35.7 Å². The van der Waals surface area contributed by atoms with Gasteiger partial charge >= 0.3 is 0 Å². The van der Waals surface area contributed by atoms with Crippen molar-refractivity contribution in [3.05, 3.63) is 34.9 Å². The molecule has 7 N–H and O–H groups in total. The van der Waals surface area contributed by atoms with Crippen LogP contribution in [0.25, 0.3) is 0 Å². The van der Waals surface area contributed by atoms with E-state index in [0.29, 0.717) is 83.5 Å². The molecule has 0 rings (SSSR count). The van der Waals surface area contributed by atoms with Gasteiger partial charge in [0.15, 0.2) is 0 Å². The van der Waals surface area contributed by atoms with Crippen LogP contribution in [-0.4, -0.2) is 76.0 Å². The van der Waals surface area contributed by atoms with E-state index in [2.05, 4.69) is 32.9 Å². The van der Waals surface area contributed by atoms with Gasteiger partial charge in [-0.25, -0.2) is 0 Å². The lowest BCUT2D eigenvalue weighted by Gasteiger charge is -2.30. The van der Waals surface area contributed by atoms with Gasteiger partial charge in [-0.2, -0.15) is 0 Å². The Kier molecular flexibility index (Phi) is 24.0. The number of aliphatic hydroxyl groups is 7. The molecule has 0 bridgehead atoms. The molecule has 0 heterocycles. The number of aliphatic hydroxyl groups excluding tert-OH is 1. The lowest BCUT2D eigenvalue weighted by atomic mass is 9.83. The first kappa shape index (κ1) is 50.9. The van der Waals surface area contributed by atoms with E-state index in [4.69, 9.17) is 5.11 Å². The Bertz CT molecular complexity index is 1040. The predicted molar refractivity (Wildman–Crippen MR) is 219 cm³/mol. The van der Waals surface area contributed by atoms with Crippen molar-refractivity contribution in [2.75, 3.05) is 6.61 Å². The van der Waals surface area contributed by atoms with E-state index in [1.54, 1.807) is 0 Å². The molecule has 0 aliphatic rings. The summed E-state index contributed by atoms with van der Waals surface area (Å²) in [6.45, 7) is 19.6. The highest BCUT2D eigenvalue weighted by molar-refractivity contribution is 5.03. The molecular formula is C45H86O7. The maximum Gasteiger partial charge on any atom is 0.0622 e. The molecule has 0 saturated heterocycles. The van der Waals surface area contributed by atoms with Crippen LogP contribution in [0.4, 0.5) is 0 Å². The summed E-state index contributed by atoms with van der Waals surface area (Å²) in [6, 6.07) is 0. The van der Waals surface area contributed by atoms with E-state index < -0.39 is 33.6 Å². The molecule has 0 unspecified atom stereocenters. The van der Waals surface area contributed by atoms with Crippen molar-refractivity contribution in [1.29, 1.82) is 0 Å². The normalized spacial score (nSPS) is 19.9. The second-order valence-corrected chi connectivity index (χ2v) is 18.7. The minimum atomic E-state index is -0.867. The molecule has 0 spiro atoms. The van der Waals surface area contributed by atoms with Gasteiger partial charge in [0.2, 0.25) is 0 Å². The van der Waals surface area contributed by atoms with Crippen LogP contribution in [0.15, 0.2) is 34.9 Å². The third-order valence-electron chi connectivity index (χ3n) is 11.1. The van der Waals surface area contributed by atoms with Crippen molar-refractivity contribution in [3.8, 4) is 0 Å². The Hall–Kier alpha value is -1.06. The summed E-state index contributed by atoms with van der Waals surface area (Å²) in [5.41, 5.74) is -1.10. The topological polar surface area (TPSA) is 142 Å². The number of allylic oxidation sites excluding steroid dienone is 5. The fourth-order valence-corrected chi connectivity index (χ4v) is 7.33. The van der Waals surface area contributed by atoms with Crippen LogP contribution >= 0.6 is 0 Å². The lowest BCUT2D eigenvalue weighted by Crippen LogP contribution is -2.31. The van der Waals surface area contributed by atoms with Crippen molar-refractivity contribution in [2.24, 2.45) is 0 Å². The smallest absolute Gasteiger partial charge is 0.0622 e. The van der Waals surface area contributed by atoms with Crippen molar-refractivity contribution in [2.45, 2.75) is 244 Å². The summed E-state index contributed by atoms with van der Waals surface area (Å²) in [4.78, 5) is 0. The first-order valence-electron chi connectivity index (χ1n) is 20.7. The van der Waals surface area contributed by atoms with Crippen LogP contribution in [0, 0.1) is 0 Å². The molecule has 0 fully saturated rings. The second kappa shape index (κ2) is 24.5. The summed E-state index contributed by atoms with van der Waals surface area (Å²) < 4.78 is 0. The first-order valence-corrected chi connectivity index (χ1v) is 20.7. The van der Waals surface area contributed by atoms with E-state index in [0.717, 1.165) is 57.8 Å². The van der Waals surface area contributed by atoms with E-state index in [-0.39, 0.29) is 6.61 Å². The maximum absolute atomic E-state index is 11.0. The van der Waals surface area contributed by atoms with Crippen LogP contribution in [0.5, 0.6) is 0 Å². The van der Waals surface area contributed by atoms with Gasteiger partial charge in [0.1, 0.15) is 0 Å². The zero-order valence-corrected chi connectivity index (χ0v) is 35.6. The average molecular weight is 739 g/mol. The molecule has 0 aliphatic carbocycles. The molecule has 0 aromatic carbocycles. The van der Waals surface area contributed by atoms with Crippen LogP contribution in [0.2, 0.25) is 0 Å². The van der Waals surface area contributed by atoms with Crippen molar-refractivity contribution < 1.29 is 35.7 Å². The zero-order chi connectivity index (χ0) is 40.1. The van der Waals surface area contributed by atoms with Crippen LogP contribution in [-0.2, 0) is 0 Å². The Morgan fingerprint density at radius 1 is 0.365 bits per heavy atom. The number of hydrogen-bond donors (Lipinski definition) is 7. The fraction of sp³-hybridized carbons (Fsp3) is 0.867. The van der Waals surface area contributed by atoms with E-state index in [9.17, 15) is 30.6 Å². The van der Waals surface area contributed by atoms with E-state index in [1.165, 1.54) is 16.7 Å². The molecule has 6 atom stereocenters. The Balaban J connectivity index is 4.36.